The third kappa shape index (κ3) is 4.63. The maximum Gasteiger partial charge on any atom is 0.333 e. The van der Waals surface area contributed by atoms with Crippen molar-refractivity contribution in [2.75, 3.05) is 6.61 Å². The number of allylic oxidation sites excluding steroid dienone is 1. The van der Waals surface area contributed by atoms with Gasteiger partial charge in [0.15, 0.2) is 0 Å². The standard InChI is InChI=1S/C15H24O3/c1-4-18-14(17)12(2)7-5-9-15(3)10-6-8-13(16)11-15/h7H,4-6,8-11H2,1-3H3/b12-7-/t15-/m1/s1. The summed E-state index contributed by atoms with van der Waals surface area (Å²) in [4.78, 5) is 22.9. The van der Waals surface area contributed by atoms with E-state index in [2.05, 4.69) is 6.92 Å². The van der Waals surface area contributed by atoms with E-state index in [0.717, 1.165) is 32.1 Å². The van der Waals surface area contributed by atoms with E-state index in [1.165, 1.54) is 0 Å². The summed E-state index contributed by atoms with van der Waals surface area (Å²) in [6.45, 7) is 6.18. The summed E-state index contributed by atoms with van der Waals surface area (Å²) in [6.07, 6.45) is 7.31. The number of hydrogen-bond donors (Lipinski definition) is 0. The van der Waals surface area contributed by atoms with Gasteiger partial charge in [0.05, 0.1) is 6.61 Å². The predicted octanol–water partition coefficient (Wildman–Crippen LogP) is 3.43. The normalized spacial score (nSPS) is 25.1. The zero-order chi connectivity index (χ0) is 13.6. The van der Waals surface area contributed by atoms with Crippen molar-refractivity contribution in [3.63, 3.8) is 0 Å². The molecule has 0 N–H and O–H groups in total. The highest BCUT2D eigenvalue weighted by molar-refractivity contribution is 5.87. The Bertz CT molecular complexity index is 344. The van der Waals surface area contributed by atoms with Gasteiger partial charge in [0.1, 0.15) is 5.78 Å². The lowest BCUT2D eigenvalue weighted by Gasteiger charge is -2.32. The van der Waals surface area contributed by atoms with Crippen LogP contribution in [0.1, 0.15) is 59.3 Å². The Morgan fingerprint density at radius 1 is 1.50 bits per heavy atom. The van der Waals surface area contributed by atoms with Gasteiger partial charge >= 0.3 is 5.97 Å². The molecule has 102 valence electrons. The quantitative estimate of drug-likeness (QED) is 0.556. The molecule has 0 aromatic carbocycles. The van der Waals surface area contributed by atoms with Crippen LogP contribution in [0.2, 0.25) is 0 Å². The first kappa shape index (κ1) is 14.9. The molecule has 0 bridgehead atoms. The van der Waals surface area contributed by atoms with Gasteiger partial charge in [-0.1, -0.05) is 13.0 Å². The fourth-order valence-electron chi connectivity index (χ4n) is 2.54. The fourth-order valence-corrected chi connectivity index (χ4v) is 2.54. The maximum atomic E-state index is 11.5. The lowest BCUT2D eigenvalue weighted by molar-refractivity contribution is -0.138. The molecular formula is C15H24O3. The zero-order valence-corrected chi connectivity index (χ0v) is 11.8. The van der Waals surface area contributed by atoms with Crippen LogP contribution in [-0.2, 0) is 14.3 Å². The second-order valence-corrected chi connectivity index (χ2v) is 5.53. The first-order chi connectivity index (χ1) is 8.47. The van der Waals surface area contributed by atoms with Crippen LogP contribution in [0.25, 0.3) is 0 Å². The molecule has 1 rings (SSSR count). The van der Waals surface area contributed by atoms with Crippen molar-refractivity contribution in [1.29, 1.82) is 0 Å². The first-order valence-corrected chi connectivity index (χ1v) is 6.82. The van der Waals surface area contributed by atoms with Crippen LogP contribution in [0.4, 0.5) is 0 Å². The number of hydrogen-bond acceptors (Lipinski definition) is 3. The molecule has 0 aliphatic heterocycles. The smallest absolute Gasteiger partial charge is 0.333 e. The summed E-state index contributed by atoms with van der Waals surface area (Å²) in [6, 6.07) is 0. The highest BCUT2D eigenvalue weighted by Gasteiger charge is 2.30. The second kappa shape index (κ2) is 6.72. The fraction of sp³-hybridized carbons (Fsp3) is 0.733. The van der Waals surface area contributed by atoms with Crippen LogP contribution in [-0.4, -0.2) is 18.4 Å². The van der Waals surface area contributed by atoms with E-state index < -0.39 is 0 Å². The zero-order valence-electron chi connectivity index (χ0n) is 11.8. The highest BCUT2D eigenvalue weighted by atomic mass is 16.5. The molecule has 1 aliphatic rings. The van der Waals surface area contributed by atoms with E-state index in [-0.39, 0.29) is 11.4 Å². The molecule has 1 saturated carbocycles. The molecule has 1 atom stereocenters. The van der Waals surface area contributed by atoms with Crippen LogP contribution < -0.4 is 0 Å². The molecular weight excluding hydrogens is 228 g/mol. The van der Waals surface area contributed by atoms with Gasteiger partial charge in [0.25, 0.3) is 0 Å². The van der Waals surface area contributed by atoms with Gasteiger partial charge < -0.3 is 4.74 Å². The van der Waals surface area contributed by atoms with Crippen molar-refractivity contribution in [1.82, 2.24) is 0 Å². The summed E-state index contributed by atoms with van der Waals surface area (Å²) >= 11 is 0. The van der Waals surface area contributed by atoms with E-state index in [0.29, 0.717) is 24.4 Å². The van der Waals surface area contributed by atoms with E-state index in [4.69, 9.17) is 4.74 Å². The Kier molecular flexibility index (Phi) is 5.57. The van der Waals surface area contributed by atoms with Crippen molar-refractivity contribution in [2.24, 2.45) is 5.41 Å². The Labute approximate surface area is 110 Å². The van der Waals surface area contributed by atoms with Crippen molar-refractivity contribution in [3.05, 3.63) is 11.6 Å². The van der Waals surface area contributed by atoms with E-state index in [1.807, 2.05) is 6.08 Å². The topological polar surface area (TPSA) is 43.4 Å². The molecule has 3 heteroatoms. The summed E-state index contributed by atoms with van der Waals surface area (Å²) in [5.41, 5.74) is 0.795. The molecule has 0 spiro atoms. The molecule has 0 unspecified atom stereocenters. The molecule has 0 radical (unpaired) electrons. The summed E-state index contributed by atoms with van der Waals surface area (Å²) in [5.74, 6) is 0.150. The minimum atomic E-state index is -0.234. The number of ether oxygens (including phenoxy) is 1. The second-order valence-electron chi connectivity index (χ2n) is 5.53. The van der Waals surface area contributed by atoms with Crippen LogP contribution in [0, 0.1) is 5.41 Å². The number of Topliss-reactive ketones (excluding diaryl/α,β-unsaturated/α-hetero) is 1. The minimum Gasteiger partial charge on any atom is -0.463 e. The van der Waals surface area contributed by atoms with Crippen molar-refractivity contribution >= 4 is 11.8 Å². The van der Waals surface area contributed by atoms with Crippen molar-refractivity contribution in [3.8, 4) is 0 Å². The average molecular weight is 252 g/mol. The van der Waals surface area contributed by atoms with E-state index in [1.54, 1.807) is 13.8 Å². The van der Waals surface area contributed by atoms with Crippen LogP contribution in [0.3, 0.4) is 0 Å². The van der Waals surface area contributed by atoms with E-state index in [9.17, 15) is 9.59 Å². The van der Waals surface area contributed by atoms with Gasteiger partial charge in [-0.3, -0.25) is 4.79 Å². The number of esters is 1. The number of carbonyl (C=O) groups is 2. The Hall–Kier alpha value is -1.12. The van der Waals surface area contributed by atoms with Crippen molar-refractivity contribution in [2.45, 2.75) is 59.3 Å². The molecule has 1 fully saturated rings. The average Bonchev–Trinajstić information content (AvgIpc) is 2.28. The van der Waals surface area contributed by atoms with Gasteiger partial charge in [-0.15, -0.1) is 0 Å². The largest absolute Gasteiger partial charge is 0.463 e. The molecule has 0 saturated heterocycles. The summed E-state index contributed by atoms with van der Waals surface area (Å²) in [7, 11) is 0. The predicted molar refractivity (Wildman–Crippen MR) is 71.2 cm³/mol. The molecule has 0 amide bonds. The first-order valence-electron chi connectivity index (χ1n) is 6.82. The van der Waals surface area contributed by atoms with Gasteiger partial charge in [0.2, 0.25) is 0 Å². The third-order valence-corrected chi connectivity index (χ3v) is 3.66. The number of carbonyl (C=O) groups excluding carboxylic acids is 2. The minimum absolute atomic E-state index is 0.126. The van der Waals surface area contributed by atoms with E-state index >= 15 is 0 Å². The molecule has 0 aromatic rings. The van der Waals surface area contributed by atoms with Crippen LogP contribution in [0.5, 0.6) is 0 Å². The molecule has 0 heterocycles. The van der Waals surface area contributed by atoms with Gasteiger partial charge in [-0.25, -0.2) is 4.79 Å². The summed E-state index contributed by atoms with van der Waals surface area (Å²) in [5, 5.41) is 0. The number of ketones is 1. The Balaban J connectivity index is 2.42. The third-order valence-electron chi connectivity index (χ3n) is 3.66. The van der Waals surface area contributed by atoms with Crippen LogP contribution >= 0.6 is 0 Å². The lowest BCUT2D eigenvalue weighted by Crippen LogP contribution is -2.25. The molecule has 3 nitrogen and oxygen atoms in total. The molecule has 18 heavy (non-hydrogen) atoms. The van der Waals surface area contributed by atoms with Crippen LogP contribution in [0.15, 0.2) is 11.6 Å². The van der Waals surface area contributed by atoms with Gasteiger partial charge in [0, 0.05) is 18.4 Å². The van der Waals surface area contributed by atoms with Gasteiger partial charge in [-0.05, 0) is 44.9 Å². The SMILES string of the molecule is CCOC(=O)/C(C)=C\CC[C@]1(C)CCCC(=O)C1. The summed E-state index contributed by atoms with van der Waals surface area (Å²) < 4.78 is 4.93. The highest BCUT2D eigenvalue weighted by Crippen LogP contribution is 2.38. The molecule has 0 aromatic heterocycles. The number of rotatable bonds is 5. The Morgan fingerprint density at radius 3 is 2.83 bits per heavy atom. The van der Waals surface area contributed by atoms with Gasteiger partial charge in [-0.2, -0.15) is 0 Å². The lowest BCUT2D eigenvalue weighted by atomic mass is 9.72. The Morgan fingerprint density at radius 2 is 2.22 bits per heavy atom. The monoisotopic (exact) mass is 252 g/mol. The van der Waals surface area contributed by atoms with Crippen molar-refractivity contribution < 1.29 is 14.3 Å². The molecule has 1 aliphatic carbocycles. The maximum absolute atomic E-state index is 11.5.